The molecule has 0 aliphatic heterocycles. The highest BCUT2D eigenvalue weighted by molar-refractivity contribution is 5.78. The summed E-state index contributed by atoms with van der Waals surface area (Å²) in [5.74, 6) is 0.177. The summed E-state index contributed by atoms with van der Waals surface area (Å²) in [4.78, 5) is 11.8. The van der Waals surface area contributed by atoms with E-state index in [0.29, 0.717) is 12.1 Å². The van der Waals surface area contributed by atoms with Crippen molar-refractivity contribution in [2.45, 2.75) is 39.7 Å². The summed E-state index contributed by atoms with van der Waals surface area (Å²) in [5.41, 5.74) is 1.66. The first-order valence-electron chi connectivity index (χ1n) is 6.44. The number of amides is 1. The molecule has 0 aromatic heterocycles. The Morgan fingerprint density at radius 1 is 1.39 bits per heavy atom. The molecule has 1 aromatic carbocycles. The van der Waals surface area contributed by atoms with Gasteiger partial charge >= 0.3 is 0 Å². The van der Waals surface area contributed by atoms with Gasteiger partial charge in [0.25, 0.3) is 0 Å². The van der Waals surface area contributed by atoms with Crippen molar-refractivity contribution in [3.8, 4) is 6.07 Å². The Morgan fingerprint density at radius 2 is 2.06 bits per heavy atom. The number of nitrogens with one attached hydrogen (secondary N) is 1. The molecule has 0 heterocycles. The molecular weight excluding hydrogens is 224 g/mol. The van der Waals surface area contributed by atoms with E-state index < -0.39 is 0 Å². The molecule has 0 fully saturated rings. The maximum Gasteiger partial charge on any atom is 0.223 e. The summed E-state index contributed by atoms with van der Waals surface area (Å²) >= 11 is 0. The van der Waals surface area contributed by atoms with E-state index in [9.17, 15) is 4.79 Å². The molecule has 0 saturated heterocycles. The molecule has 0 aliphatic rings. The number of carbonyl (C=O) groups excluding carboxylic acids is 1. The van der Waals surface area contributed by atoms with Gasteiger partial charge < -0.3 is 5.32 Å². The third kappa shape index (κ3) is 4.58. The molecule has 3 nitrogen and oxygen atoms in total. The topological polar surface area (TPSA) is 52.9 Å². The molecule has 18 heavy (non-hydrogen) atoms. The van der Waals surface area contributed by atoms with Crippen LogP contribution in [0.1, 0.15) is 44.2 Å². The quantitative estimate of drug-likeness (QED) is 0.836. The van der Waals surface area contributed by atoms with E-state index in [0.717, 1.165) is 24.8 Å². The first-order chi connectivity index (χ1) is 8.67. The fourth-order valence-corrected chi connectivity index (χ4v) is 1.70. The van der Waals surface area contributed by atoms with Gasteiger partial charge in [0, 0.05) is 12.5 Å². The molecule has 3 heteroatoms. The zero-order chi connectivity index (χ0) is 13.4. The Balaban J connectivity index is 2.39. The van der Waals surface area contributed by atoms with Crippen LogP contribution in [-0.4, -0.2) is 5.91 Å². The highest BCUT2D eigenvalue weighted by atomic mass is 16.1. The average Bonchev–Trinajstić information content (AvgIpc) is 2.42. The van der Waals surface area contributed by atoms with Crippen LogP contribution < -0.4 is 5.32 Å². The Morgan fingerprint density at radius 3 is 2.61 bits per heavy atom. The van der Waals surface area contributed by atoms with E-state index in [2.05, 4.69) is 18.3 Å². The Kier molecular flexibility index (Phi) is 5.93. The maximum atomic E-state index is 11.8. The van der Waals surface area contributed by atoms with Crippen LogP contribution in [0.5, 0.6) is 0 Å². The highest BCUT2D eigenvalue weighted by Gasteiger charge is 2.11. The number of hydrogen-bond acceptors (Lipinski definition) is 2. The van der Waals surface area contributed by atoms with Crippen LogP contribution in [0.15, 0.2) is 24.3 Å². The standard InChI is InChI=1S/C15H20N2O/c1-3-4-5-12(2)15(18)17-11-14-8-6-13(10-16)7-9-14/h6-9,12H,3-5,11H2,1-2H3,(H,17,18). The van der Waals surface area contributed by atoms with Crippen molar-refractivity contribution in [2.24, 2.45) is 5.92 Å². The summed E-state index contributed by atoms with van der Waals surface area (Å²) < 4.78 is 0. The lowest BCUT2D eigenvalue weighted by Crippen LogP contribution is -2.28. The van der Waals surface area contributed by atoms with Gasteiger partial charge in [0.15, 0.2) is 0 Å². The van der Waals surface area contributed by atoms with Crippen LogP contribution in [0.2, 0.25) is 0 Å². The lowest BCUT2D eigenvalue weighted by atomic mass is 10.0. The second-order valence-electron chi connectivity index (χ2n) is 4.57. The molecule has 1 N–H and O–H groups in total. The van der Waals surface area contributed by atoms with Crippen LogP contribution in [0, 0.1) is 17.2 Å². The molecule has 0 bridgehead atoms. The van der Waals surface area contributed by atoms with Crippen molar-refractivity contribution in [2.75, 3.05) is 0 Å². The van der Waals surface area contributed by atoms with Crippen molar-refractivity contribution in [1.29, 1.82) is 5.26 Å². The summed E-state index contributed by atoms with van der Waals surface area (Å²) in [7, 11) is 0. The van der Waals surface area contributed by atoms with Crippen molar-refractivity contribution < 1.29 is 4.79 Å². The highest BCUT2D eigenvalue weighted by Crippen LogP contribution is 2.08. The zero-order valence-electron chi connectivity index (χ0n) is 11.1. The van der Waals surface area contributed by atoms with Crippen LogP contribution in [0.25, 0.3) is 0 Å². The predicted octanol–water partition coefficient (Wildman–Crippen LogP) is 3.00. The molecule has 0 saturated carbocycles. The van der Waals surface area contributed by atoms with Gasteiger partial charge in [-0.25, -0.2) is 0 Å². The van der Waals surface area contributed by atoms with E-state index in [1.165, 1.54) is 0 Å². The SMILES string of the molecule is CCCCC(C)C(=O)NCc1ccc(C#N)cc1. The first-order valence-corrected chi connectivity index (χ1v) is 6.44. The minimum Gasteiger partial charge on any atom is -0.352 e. The van der Waals surface area contributed by atoms with Crippen molar-refractivity contribution in [1.82, 2.24) is 5.32 Å². The number of carbonyl (C=O) groups is 1. The van der Waals surface area contributed by atoms with E-state index in [-0.39, 0.29) is 11.8 Å². The largest absolute Gasteiger partial charge is 0.352 e. The van der Waals surface area contributed by atoms with Crippen LogP contribution >= 0.6 is 0 Å². The minimum absolute atomic E-state index is 0.0725. The molecule has 0 spiro atoms. The van der Waals surface area contributed by atoms with Gasteiger partial charge in [0.2, 0.25) is 5.91 Å². The van der Waals surface area contributed by atoms with Gasteiger partial charge in [-0.05, 0) is 24.1 Å². The normalized spacial score (nSPS) is 11.6. The van der Waals surface area contributed by atoms with Crippen LogP contribution in [-0.2, 0) is 11.3 Å². The number of hydrogen-bond donors (Lipinski definition) is 1. The third-order valence-electron chi connectivity index (χ3n) is 2.99. The van der Waals surface area contributed by atoms with E-state index >= 15 is 0 Å². The minimum atomic E-state index is 0.0725. The van der Waals surface area contributed by atoms with Crippen molar-refractivity contribution >= 4 is 5.91 Å². The number of rotatable bonds is 6. The zero-order valence-corrected chi connectivity index (χ0v) is 11.1. The summed E-state index contributed by atoms with van der Waals surface area (Å²) in [5, 5.41) is 11.6. The number of nitrogens with zero attached hydrogens (tertiary/aromatic N) is 1. The number of nitriles is 1. The molecule has 1 aromatic rings. The lowest BCUT2D eigenvalue weighted by molar-refractivity contribution is -0.124. The molecule has 0 radical (unpaired) electrons. The fraction of sp³-hybridized carbons (Fsp3) is 0.467. The second kappa shape index (κ2) is 7.50. The van der Waals surface area contributed by atoms with Gasteiger partial charge in [-0.15, -0.1) is 0 Å². The number of benzene rings is 1. The molecule has 1 amide bonds. The molecule has 96 valence electrons. The van der Waals surface area contributed by atoms with E-state index in [1.54, 1.807) is 12.1 Å². The summed E-state index contributed by atoms with van der Waals surface area (Å²) in [6.07, 6.45) is 3.15. The van der Waals surface area contributed by atoms with Crippen molar-refractivity contribution in [3.63, 3.8) is 0 Å². The monoisotopic (exact) mass is 244 g/mol. The van der Waals surface area contributed by atoms with Gasteiger partial charge in [-0.1, -0.05) is 38.8 Å². The van der Waals surface area contributed by atoms with Crippen LogP contribution in [0.3, 0.4) is 0 Å². The van der Waals surface area contributed by atoms with Gasteiger partial charge in [-0.3, -0.25) is 4.79 Å². The molecule has 1 unspecified atom stereocenters. The summed E-state index contributed by atoms with van der Waals surface area (Å²) in [6, 6.07) is 9.35. The number of unbranched alkanes of at least 4 members (excludes halogenated alkanes) is 1. The summed E-state index contributed by atoms with van der Waals surface area (Å²) in [6.45, 7) is 4.62. The Bertz CT molecular complexity index is 417. The van der Waals surface area contributed by atoms with E-state index in [1.807, 2.05) is 19.1 Å². The molecule has 1 rings (SSSR count). The maximum absolute atomic E-state index is 11.8. The Labute approximate surface area is 109 Å². The van der Waals surface area contributed by atoms with Crippen LogP contribution in [0.4, 0.5) is 0 Å². The fourth-order valence-electron chi connectivity index (χ4n) is 1.70. The van der Waals surface area contributed by atoms with E-state index in [4.69, 9.17) is 5.26 Å². The first kappa shape index (κ1) is 14.2. The lowest BCUT2D eigenvalue weighted by Gasteiger charge is -2.11. The smallest absolute Gasteiger partial charge is 0.223 e. The van der Waals surface area contributed by atoms with Gasteiger partial charge in [0.05, 0.1) is 11.6 Å². The molecule has 1 atom stereocenters. The third-order valence-corrected chi connectivity index (χ3v) is 2.99. The predicted molar refractivity (Wildman–Crippen MR) is 71.7 cm³/mol. The van der Waals surface area contributed by atoms with Gasteiger partial charge in [-0.2, -0.15) is 5.26 Å². The van der Waals surface area contributed by atoms with Gasteiger partial charge in [0.1, 0.15) is 0 Å². The molecular formula is C15H20N2O. The Hall–Kier alpha value is -1.82. The average molecular weight is 244 g/mol. The van der Waals surface area contributed by atoms with Crippen molar-refractivity contribution in [3.05, 3.63) is 35.4 Å². The second-order valence-corrected chi connectivity index (χ2v) is 4.57. The molecule has 0 aliphatic carbocycles.